The lowest BCUT2D eigenvalue weighted by Crippen LogP contribution is -2.43. The first-order valence-corrected chi connectivity index (χ1v) is 7.24. The van der Waals surface area contributed by atoms with E-state index < -0.39 is 0 Å². The largest absolute Gasteiger partial charge is 0.396 e. The van der Waals surface area contributed by atoms with Crippen molar-refractivity contribution in [3.63, 3.8) is 0 Å². The van der Waals surface area contributed by atoms with E-state index in [4.69, 9.17) is 10.8 Å². The molecule has 0 amide bonds. The van der Waals surface area contributed by atoms with Gasteiger partial charge in [-0.1, -0.05) is 6.07 Å². The van der Waals surface area contributed by atoms with Crippen molar-refractivity contribution < 1.29 is 5.11 Å². The van der Waals surface area contributed by atoms with Crippen LogP contribution in [0.3, 0.4) is 0 Å². The molecule has 3 nitrogen and oxygen atoms in total. The summed E-state index contributed by atoms with van der Waals surface area (Å²) in [5, 5.41) is 11.3. The van der Waals surface area contributed by atoms with Crippen LogP contribution in [0.4, 0.5) is 0 Å². The van der Waals surface area contributed by atoms with Crippen molar-refractivity contribution in [1.82, 2.24) is 4.90 Å². The highest BCUT2D eigenvalue weighted by Crippen LogP contribution is 2.31. The lowest BCUT2D eigenvalue weighted by Gasteiger charge is -2.38. The van der Waals surface area contributed by atoms with Gasteiger partial charge in [-0.25, -0.2) is 0 Å². The number of likely N-dealkylation sites (tertiary alicyclic amines) is 1. The number of nitrogens with two attached hydrogens (primary N) is 1. The number of aliphatic hydroxyl groups excluding tert-OH is 1. The Labute approximate surface area is 107 Å². The number of hydrogen-bond donors (Lipinski definition) is 2. The van der Waals surface area contributed by atoms with E-state index in [0.29, 0.717) is 18.6 Å². The predicted molar refractivity (Wildman–Crippen MR) is 72.1 cm³/mol. The minimum atomic E-state index is 0.152. The molecule has 2 rings (SSSR count). The van der Waals surface area contributed by atoms with E-state index in [2.05, 4.69) is 29.3 Å². The second-order valence-corrected chi connectivity index (χ2v) is 5.96. The molecular weight excluding hydrogens is 232 g/mol. The summed E-state index contributed by atoms with van der Waals surface area (Å²) in [7, 11) is 0. The molecule has 0 saturated carbocycles. The molecule has 2 unspecified atom stereocenters. The second kappa shape index (κ2) is 5.96. The first kappa shape index (κ1) is 13.0. The van der Waals surface area contributed by atoms with Gasteiger partial charge in [-0.15, -0.1) is 11.3 Å². The molecule has 96 valence electrons. The number of thiophene rings is 1. The number of nitrogens with zero attached hydrogens (tertiary/aromatic N) is 1. The van der Waals surface area contributed by atoms with Crippen LogP contribution in [0, 0.1) is 5.92 Å². The van der Waals surface area contributed by atoms with Gasteiger partial charge >= 0.3 is 0 Å². The molecule has 1 fully saturated rings. The fraction of sp³-hybridized carbons (Fsp3) is 0.692. The fourth-order valence-electron chi connectivity index (χ4n) is 2.64. The number of aliphatic hydroxyl groups is 1. The summed E-state index contributed by atoms with van der Waals surface area (Å²) in [6.07, 6.45) is 2.18. The third-order valence-electron chi connectivity index (χ3n) is 3.63. The van der Waals surface area contributed by atoms with Crippen LogP contribution in [0.15, 0.2) is 17.5 Å². The molecule has 1 aromatic heterocycles. The highest BCUT2D eigenvalue weighted by atomic mass is 32.1. The molecule has 0 aromatic carbocycles. The normalized spacial score (nSPS) is 22.5. The summed E-state index contributed by atoms with van der Waals surface area (Å²) in [5.41, 5.74) is 6.14. The van der Waals surface area contributed by atoms with Crippen molar-refractivity contribution in [2.24, 2.45) is 11.7 Å². The van der Waals surface area contributed by atoms with Crippen molar-refractivity contribution in [2.45, 2.75) is 31.8 Å². The molecule has 4 heteroatoms. The topological polar surface area (TPSA) is 49.5 Å². The lowest BCUT2D eigenvalue weighted by molar-refractivity contribution is 0.0928. The Morgan fingerprint density at radius 1 is 1.53 bits per heavy atom. The average molecular weight is 254 g/mol. The van der Waals surface area contributed by atoms with E-state index in [1.807, 2.05) is 0 Å². The number of hydrogen-bond acceptors (Lipinski definition) is 4. The third-order valence-corrected chi connectivity index (χ3v) is 4.58. The molecule has 3 N–H and O–H groups in total. The minimum Gasteiger partial charge on any atom is -0.396 e. The van der Waals surface area contributed by atoms with Crippen LogP contribution in [0.1, 0.15) is 30.7 Å². The highest BCUT2D eigenvalue weighted by Gasteiger charge is 2.28. The van der Waals surface area contributed by atoms with E-state index in [-0.39, 0.29) is 6.04 Å². The van der Waals surface area contributed by atoms with Gasteiger partial charge in [0.15, 0.2) is 0 Å². The van der Waals surface area contributed by atoms with Gasteiger partial charge in [0.1, 0.15) is 0 Å². The predicted octanol–water partition coefficient (Wildman–Crippen LogP) is 1.84. The van der Waals surface area contributed by atoms with Gasteiger partial charge in [-0.2, -0.15) is 0 Å². The number of rotatable bonds is 4. The van der Waals surface area contributed by atoms with Crippen LogP contribution in [0.5, 0.6) is 0 Å². The maximum absolute atomic E-state index is 9.17. The Balaban J connectivity index is 2.03. The van der Waals surface area contributed by atoms with Crippen LogP contribution >= 0.6 is 11.3 Å². The molecule has 2 atom stereocenters. The Kier molecular flexibility index (Phi) is 4.56. The van der Waals surface area contributed by atoms with Crippen LogP contribution in [0.25, 0.3) is 0 Å². The number of piperidine rings is 1. The van der Waals surface area contributed by atoms with Crippen molar-refractivity contribution in [3.8, 4) is 0 Å². The Bertz CT molecular complexity index is 318. The molecule has 2 heterocycles. The van der Waals surface area contributed by atoms with Crippen LogP contribution in [-0.2, 0) is 0 Å². The molecule has 0 bridgehead atoms. The van der Waals surface area contributed by atoms with E-state index in [0.717, 1.165) is 25.9 Å². The van der Waals surface area contributed by atoms with Gasteiger partial charge in [0.2, 0.25) is 0 Å². The molecule has 1 aromatic rings. The summed E-state index contributed by atoms with van der Waals surface area (Å²) in [6.45, 7) is 4.52. The summed E-state index contributed by atoms with van der Waals surface area (Å²) >= 11 is 1.79. The zero-order valence-corrected chi connectivity index (χ0v) is 11.2. The van der Waals surface area contributed by atoms with Crippen molar-refractivity contribution in [1.29, 1.82) is 0 Å². The van der Waals surface area contributed by atoms with Crippen LogP contribution in [-0.4, -0.2) is 35.7 Å². The molecule has 0 aliphatic carbocycles. The summed E-state index contributed by atoms with van der Waals surface area (Å²) in [5.74, 6) is 0.489. The monoisotopic (exact) mass is 254 g/mol. The molecule has 0 radical (unpaired) electrons. The van der Waals surface area contributed by atoms with E-state index in [1.54, 1.807) is 11.3 Å². The van der Waals surface area contributed by atoms with Crippen molar-refractivity contribution in [3.05, 3.63) is 22.4 Å². The SMILES string of the molecule is CC(N)C(c1cccs1)N1CCC(CO)CC1. The summed E-state index contributed by atoms with van der Waals surface area (Å²) in [6, 6.07) is 4.76. The molecule has 1 aliphatic heterocycles. The lowest BCUT2D eigenvalue weighted by atomic mass is 9.95. The maximum Gasteiger partial charge on any atom is 0.0590 e. The van der Waals surface area contributed by atoms with Crippen LogP contribution < -0.4 is 5.73 Å². The third kappa shape index (κ3) is 3.07. The molecule has 17 heavy (non-hydrogen) atoms. The standard InChI is InChI=1S/C13H22N2OS/c1-10(14)13(12-3-2-8-17-12)15-6-4-11(9-16)5-7-15/h2-3,8,10-11,13,16H,4-7,9,14H2,1H3. The molecule has 1 aliphatic rings. The van der Waals surface area contributed by atoms with Gasteiger partial charge in [0.05, 0.1) is 6.04 Å². The Morgan fingerprint density at radius 2 is 2.24 bits per heavy atom. The average Bonchev–Trinajstić information content (AvgIpc) is 2.83. The smallest absolute Gasteiger partial charge is 0.0590 e. The van der Waals surface area contributed by atoms with Crippen molar-refractivity contribution >= 4 is 11.3 Å². The maximum atomic E-state index is 9.17. The summed E-state index contributed by atoms with van der Waals surface area (Å²) < 4.78 is 0. The molecule has 0 spiro atoms. The Hall–Kier alpha value is -0.420. The first-order chi connectivity index (χ1) is 8.22. The highest BCUT2D eigenvalue weighted by molar-refractivity contribution is 7.10. The fourth-order valence-corrected chi connectivity index (χ4v) is 3.62. The van der Waals surface area contributed by atoms with E-state index in [9.17, 15) is 0 Å². The van der Waals surface area contributed by atoms with Gasteiger partial charge in [0, 0.05) is 17.5 Å². The zero-order valence-electron chi connectivity index (χ0n) is 10.4. The molecular formula is C13H22N2OS. The quantitative estimate of drug-likeness (QED) is 0.862. The van der Waals surface area contributed by atoms with E-state index in [1.165, 1.54) is 4.88 Å². The van der Waals surface area contributed by atoms with E-state index >= 15 is 0 Å². The first-order valence-electron chi connectivity index (χ1n) is 6.36. The van der Waals surface area contributed by atoms with Gasteiger partial charge in [-0.05, 0) is 50.2 Å². The zero-order chi connectivity index (χ0) is 12.3. The summed E-state index contributed by atoms with van der Waals surface area (Å²) in [4.78, 5) is 3.84. The van der Waals surface area contributed by atoms with Gasteiger partial charge in [-0.3, -0.25) is 4.90 Å². The van der Waals surface area contributed by atoms with Crippen molar-refractivity contribution in [2.75, 3.05) is 19.7 Å². The minimum absolute atomic E-state index is 0.152. The molecule has 1 saturated heterocycles. The Morgan fingerprint density at radius 3 is 2.71 bits per heavy atom. The van der Waals surface area contributed by atoms with Gasteiger partial charge in [0.25, 0.3) is 0 Å². The van der Waals surface area contributed by atoms with Gasteiger partial charge < -0.3 is 10.8 Å². The van der Waals surface area contributed by atoms with Crippen LogP contribution in [0.2, 0.25) is 0 Å². The second-order valence-electron chi connectivity index (χ2n) is 4.98.